The third-order valence-electron chi connectivity index (χ3n) is 1.02. The van der Waals surface area contributed by atoms with Gasteiger partial charge in [0.2, 0.25) is 0 Å². The van der Waals surface area contributed by atoms with Crippen LogP contribution in [-0.4, -0.2) is 6.17 Å². The molecule has 1 heteroatoms. The summed E-state index contributed by atoms with van der Waals surface area (Å²) in [4.78, 5) is 0. The molecular formula is C6H11F. The van der Waals surface area contributed by atoms with Crippen LogP contribution in [0.5, 0.6) is 0 Å². The van der Waals surface area contributed by atoms with E-state index in [9.17, 15) is 4.39 Å². The topological polar surface area (TPSA) is 0 Å². The summed E-state index contributed by atoms with van der Waals surface area (Å²) < 4.78 is 12.0. The van der Waals surface area contributed by atoms with Gasteiger partial charge in [0, 0.05) is 0 Å². The molecule has 0 bridgehead atoms. The fourth-order valence-corrected chi connectivity index (χ4v) is 0.281. The van der Waals surface area contributed by atoms with Gasteiger partial charge in [-0.3, -0.25) is 0 Å². The van der Waals surface area contributed by atoms with Crippen molar-refractivity contribution in [1.29, 1.82) is 0 Å². The lowest BCUT2D eigenvalue weighted by molar-refractivity contribution is 0.405. The fraction of sp³-hybridized carbons (Fsp3) is 0.667. The van der Waals surface area contributed by atoms with E-state index in [0.717, 1.165) is 6.42 Å². The second-order valence-corrected chi connectivity index (χ2v) is 1.63. The fourth-order valence-electron chi connectivity index (χ4n) is 0.281. The van der Waals surface area contributed by atoms with E-state index in [4.69, 9.17) is 0 Å². The molecule has 0 N–H and O–H groups in total. The van der Waals surface area contributed by atoms with E-state index >= 15 is 0 Å². The van der Waals surface area contributed by atoms with Gasteiger partial charge >= 0.3 is 0 Å². The van der Waals surface area contributed by atoms with Crippen LogP contribution in [-0.2, 0) is 0 Å². The average Bonchev–Trinajstić information content (AvgIpc) is 1.65. The zero-order valence-electron chi connectivity index (χ0n) is 4.87. The lowest BCUT2D eigenvalue weighted by Crippen LogP contribution is -1.93. The lowest BCUT2D eigenvalue weighted by atomic mass is 10.2. The highest BCUT2D eigenvalue weighted by atomic mass is 19.1. The summed E-state index contributed by atoms with van der Waals surface area (Å²) in [6, 6.07) is 0. The van der Waals surface area contributed by atoms with E-state index in [1.165, 1.54) is 6.92 Å². The molecule has 0 nitrogen and oxygen atoms in total. The molecule has 1 atom stereocenters. The summed E-state index contributed by atoms with van der Waals surface area (Å²) in [6.07, 6.45) is -0.0810. The third kappa shape index (κ3) is 2.38. The Balaban J connectivity index is 3.35. The third-order valence-corrected chi connectivity index (χ3v) is 1.02. The van der Waals surface area contributed by atoms with Crippen molar-refractivity contribution in [2.75, 3.05) is 0 Å². The van der Waals surface area contributed by atoms with Crippen molar-refractivity contribution in [3.63, 3.8) is 0 Å². The van der Waals surface area contributed by atoms with Crippen LogP contribution in [0.25, 0.3) is 0 Å². The molecule has 0 fully saturated rings. The van der Waals surface area contributed by atoms with Gasteiger partial charge in [0.05, 0.1) is 0 Å². The number of rotatable bonds is 2. The molecule has 0 rings (SSSR count). The maximum Gasteiger partial charge on any atom is 0.118 e. The van der Waals surface area contributed by atoms with Gasteiger partial charge in [0.25, 0.3) is 0 Å². The number of halogens is 1. The van der Waals surface area contributed by atoms with E-state index in [2.05, 4.69) is 6.58 Å². The van der Waals surface area contributed by atoms with Crippen molar-refractivity contribution in [1.82, 2.24) is 0 Å². The Morgan fingerprint density at radius 1 is 1.86 bits per heavy atom. The van der Waals surface area contributed by atoms with Gasteiger partial charge in [-0.05, 0) is 18.9 Å². The van der Waals surface area contributed by atoms with Crippen molar-refractivity contribution >= 4 is 0 Å². The molecule has 0 saturated carbocycles. The van der Waals surface area contributed by atoms with Gasteiger partial charge in [0.1, 0.15) is 6.17 Å². The maximum absolute atomic E-state index is 12.0. The molecule has 0 spiro atoms. The molecule has 7 heavy (non-hydrogen) atoms. The van der Waals surface area contributed by atoms with Crippen molar-refractivity contribution in [2.24, 2.45) is 0 Å². The first-order valence-corrected chi connectivity index (χ1v) is 2.50. The second kappa shape index (κ2) is 2.78. The standard InChI is InChI=1S/C6H11F/c1-4-5(2)6(3)7/h6H,2,4H2,1,3H3. The van der Waals surface area contributed by atoms with Crippen LogP contribution < -0.4 is 0 Å². The maximum atomic E-state index is 12.0. The van der Waals surface area contributed by atoms with Gasteiger partial charge in [-0.2, -0.15) is 0 Å². The molecule has 0 heterocycles. The average molecular weight is 102 g/mol. The number of alkyl halides is 1. The zero-order valence-corrected chi connectivity index (χ0v) is 4.87. The van der Waals surface area contributed by atoms with Crippen molar-refractivity contribution in [3.05, 3.63) is 12.2 Å². The summed E-state index contributed by atoms with van der Waals surface area (Å²) in [5.41, 5.74) is 0.681. The van der Waals surface area contributed by atoms with Crippen molar-refractivity contribution in [2.45, 2.75) is 26.4 Å². The molecule has 0 radical (unpaired) electrons. The van der Waals surface area contributed by atoms with Crippen LogP contribution in [0.2, 0.25) is 0 Å². The summed E-state index contributed by atoms with van der Waals surface area (Å²) in [6.45, 7) is 6.90. The Bertz CT molecular complexity index is 64.6. The molecule has 42 valence electrons. The Morgan fingerprint density at radius 2 is 2.29 bits per heavy atom. The summed E-state index contributed by atoms with van der Waals surface area (Å²) in [5, 5.41) is 0. The van der Waals surface area contributed by atoms with Crippen LogP contribution in [0.4, 0.5) is 4.39 Å². The second-order valence-electron chi connectivity index (χ2n) is 1.63. The predicted octanol–water partition coefficient (Wildman–Crippen LogP) is 2.31. The minimum Gasteiger partial charge on any atom is -0.243 e. The smallest absolute Gasteiger partial charge is 0.118 e. The van der Waals surface area contributed by atoms with E-state index in [1.807, 2.05) is 6.92 Å². The molecule has 0 aliphatic heterocycles. The summed E-state index contributed by atoms with van der Waals surface area (Å²) in [7, 11) is 0. The highest BCUT2D eigenvalue weighted by molar-refractivity contribution is 4.98. The normalized spacial score (nSPS) is 13.6. The van der Waals surface area contributed by atoms with E-state index in [0.29, 0.717) is 5.57 Å². The molecule has 0 aromatic rings. The molecule has 0 amide bonds. The summed E-state index contributed by atoms with van der Waals surface area (Å²) >= 11 is 0. The Kier molecular flexibility index (Phi) is 2.65. The van der Waals surface area contributed by atoms with Crippen LogP contribution in [0.3, 0.4) is 0 Å². The largest absolute Gasteiger partial charge is 0.243 e. The van der Waals surface area contributed by atoms with Crippen LogP contribution >= 0.6 is 0 Å². The minimum atomic E-state index is -0.829. The molecule has 1 unspecified atom stereocenters. The van der Waals surface area contributed by atoms with Crippen LogP contribution in [0.1, 0.15) is 20.3 Å². The highest BCUT2D eigenvalue weighted by Crippen LogP contribution is 2.05. The van der Waals surface area contributed by atoms with E-state index in [1.54, 1.807) is 0 Å². The lowest BCUT2D eigenvalue weighted by Gasteiger charge is -1.99. The monoisotopic (exact) mass is 102 g/mol. The highest BCUT2D eigenvalue weighted by Gasteiger charge is 1.97. The molecule has 0 aromatic heterocycles. The molecule has 0 aliphatic rings. The van der Waals surface area contributed by atoms with E-state index in [-0.39, 0.29) is 0 Å². The van der Waals surface area contributed by atoms with Crippen LogP contribution in [0, 0.1) is 0 Å². The Morgan fingerprint density at radius 3 is 2.29 bits per heavy atom. The zero-order chi connectivity index (χ0) is 5.86. The predicted molar refractivity (Wildman–Crippen MR) is 30.0 cm³/mol. The summed E-state index contributed by atoms with van der Waals surface area (Å²) in [5.74, 6) is 0. The first kappa shape index (κ1) is 6.67. The first-order valence-electron chi connectivity index (χ1n) is 2.50. The number of hydrogen-bond acceptors (Lipinski definition) is 0. The number of allylic oxidation sites excluding steroid dienone is 1. The molecular weight excluding hydrogens is 91.1 g/mol. The molecule has 0 aromatic carbocycles. The van der Waals surface area contributed by atoms with Crippen LogP contribution in [0.15, 0.2) is 12.2 Å². The van der Waals surface area contributed by atoms with Gasteiger partial charge in [-0.1, -0.05) is 13.5 Å². The number of hydrogen-bond donors (Lipinski definition) is 0. The van der Waals surface area contributed by atoms with Gasteiger partial charge in [-0.25, -0.2) is 4.39 Å². The van der Waals surface area contributed by atoms with E-state index < -0.39 is 6.17 Å². The van der Waals surface area contributed by atoms with Crippen molar-refractivity contribution < 1.29 is 4.39 Å². The van der Waals surface area contributed by atoms with Gasteiger partial charge in [0.15, 0.2) is 0 Å². The van der Waals surface area contributed by atoms with Crippen molar-refractivity contribution in [3.8, 4) is 0 Å². The quantitative estimate of drug-likeness (QED) is 0.469. The Labute approximate surface area is 44.0 Å². The molecule has 0 saturated heterocycles. The molecule has 0 aliphatic carbocycles. The Hall–Kier alpha value is -0.330. The van der Waals surface area contributed by atoms with Gasteiger partial charge < -0.3 is 0 Å². The SMILES string of the molecule is C=C(CC)C(C)F. The first-order chi connectivity index (χ1) is 3.18. The van der Waals surface area contributed by atoms with Gasteiger partial charge in [-0.15, -0.1) is 0 Å². The minimum absolute atomic E-state index is 0.681.